The predicted molar refractivity (Wildman–Crippen MR) is 87.3 cm³/mol. The molecule has 0 saturated carbocycles. The molecule has 2 aromatic rings. The highest BCUT2D eigenvalue weighted by Crippen LogP contribution is 2.35. The molecule has 0 radical (unpaired) electrons. The third-order valence-corrected chi connectivity index (χ3v) is 4.45. The first kappa shape index (κ1) is 15.3. The summed E-state index contributed by atoms with van der Waals surface area (Å²) in [4.78, 5) is 12.2. The average Bonchev–Trinajstić information content (AvgIpc) is 2.82. The lowest BCUT2D eigenvalue weighted by Crippen LogP contribution is -2.12. The van der Waals surface area contributed by atoms with Crippen molar-refractivity contribution in [3.8, 4) is 5.75 Å². The Morgan fingerprint density at radius 2 is 1.91 bits per heavy atom. The van der Waals surface area contributed by atoms with Crippen LogP contribution in [0.1, 0.15) is 11.1 Å². The Morgan fingerprint density at radius 3 is 2.61 bits per heavy atom. The molecule has 23 heavy (non-hydrogen) atoms. The molecule has 0 atom stereocenters. The number of amides is 1. The van der Waals surface area contributed by atoms with E-state index < -0.39 is 10.0 Å². The number of carbonyl (C=O) groups excluding carboxylic acids is 1. The fourth-order valence-corrected chi connectivity index (χ4v) is 2.97. The van der Waals surface area contributed by atoms with Gasteiger partial charge in [0.1, 0.15) is 5.75 Å². The van der Waals surface area contributed by atoms with Crippen molar-refractivity contribution in [2.75, 3.05) is 12.4 Å². The summed E-state index contributed by atoms with van der Waals surface area (Å²) < 4.78 is 28.3. The molecule has 1 aliphatic rings. The van der Waals surface area contributed by atoms with Gasteiger partial charge in [0.15, 0.2) is 0 Å². The number of ether oxygens (including phenoxy) is 1. The number of rotatable bonds is 3. The number of primary sulfonamides is 1. The van der Waals surface area contributed by atoms with Gasteiger partial charge in [-0.1, -0.05) is 18.2 Å². The zero-order chi connectivity index (χ0) is 16.6. The van der Waals surface area contributed by atoms with Crippen molar-refractivity contribution in [2.24, 2.45) is 5.14 Å². The highest BCUT2D eigenvalue weighted by molar-refractivity contribution is 7.89. The number of nitrogens with two attached hydrogens (primary N) is 1. The quantitative estimate of drug-likeness (QED) is 0.839. The van der Waals surface area contributed by atoms with E-state index in [0.29, 0.717) is 28.1 Å². The molecule has 0 unspecified atom stereocenters. The van der Waals surface area contributed by atoms with Gasteiger partial charge in [-0.3, -0.25) is 4.79 Å². The molecule has 0 aromatic heterocycles. The number of benzene rings is 2. The molecule has 1 aliphatic heterocycles. The third kappa shape index (κ3) is 2.84. The normalized spacial score (nSPS) is 15.4. The summed E-state index contributed by atoms with van der Waals surface area (Å²) in [7, 11) is -2.30. The summed E-state index contributed by atoms with van der Waals surface area (Å²) in [6.45, 7) is 0. The Bertz CT molecular complexity index is 933. The van der Waals surface area contributed by atoms with E-state index in [0.717, 1.165) is 0 Å². The largest absolute Gasteiger partial charge is 0.496 e. The minimum Gasteiger partial charge on any atom is -0.496 e. The fourth-order valence-electron chi connectivity index (χ4n) is 2.43. The minimum absolute atomic E-state index is 0.0429. The Hall–Kier alpha value is -2.64. The van der Waals surface area contributed by atoms with Gasteiger partial charge in [-0.2, -0.15) is 0 Å². The van der Waals surface area contributed by atoms with E-state index in [1.165, 1.54) is 18.2 Å². The van der Waals surface area contributed by atoms with Gasteiger partial charge in [0.2, 0.25) is 10.0 Å². The van der Waals surface area contributed by atoms with Crippen LogP contribution < -0.4 is 15.2 Å². The SMILES string of the molecule is COc1ccccc1C=C1C(=O)Nc2ccc(S(N)(=O)=O)cc21. The summed E-state index contributed by atoms with van der Waals surface area (Å²) in [5.74, 6) is 0.307. The number of nitrogens with one attached hydrogen (secondary N) is 1. The monoisotopic (exact) mass is 330 g/mol. The van der Waals surface area contributed by atoms with Crippen LogP contribution in [0.15, 0.2) is 47.4 Å². The molecule has 1 amide bonds. The van der Waals surface area contributed by atoms with Crippen LogP contribution in [0.2, 0.25) is 0 Å². The summed E-state index contributed by atoms with van der Waals surface area (Å²) in [5, 5.41) is 7.86. The number of anilines is 1. The van der Waals surface area contributed by atoms with Gasteiger partial charge in [-0.25, -0.2) is 13.6 Å². The molecule has 7 heteroatoms. The topological polar surface area (TPSA) is 98.5 Å². The van der Waals surface area contributed by atoms with Crippen LogP contribution in [0.25, 0.3) is 11.6 Å². The van der Waals surface area contributed by atoms with Crippen LogP contribution >= 0.6 is 0 Å². The van der Waals surface area contributed by atoms with Crippen molar-refractivity contribution in [3.63, 3.8) is 0 Å². The van der Waals surface area contributed by atoms with Gasteiger partial charge >= 0.3 is 0 Å². The fraction of sp³-hybridized carbons (Fsp3) is 0.0625. The number of para-hydroxylation sites is 1. The smallest absolute Gasteiger partial charge is 0.256 e. The van der Waals surface area contributed by atoms with E-state index in [9.17, 15) is 13.2 Å². The molecule has 6 nitrogen and oxygen atoms in total. The molecule has 1 heterocycles. The summed E-state index contributed by atoms with van der Waals surface area (Å²) >= 11 is 0. The predicted octanol–water partition coefficient (Wildman–Crippen LogP) is 1.84. The second-order valence-electron chi connectivity index (χ2n) is 5.01. The van der Waals surface area contributed by atoms with Gasteiger partial charge in [0.05, 0.1) is 12.0 Å². The Kier molecular flexibility index (Phi) is 3.67. The van der Waals surface area contributed by atoms with Crippen molar-refractivity contribution in [2.45, 2.75) is 4.90 Å². The molecule has 3 rings (SSSR count). The molecule has 0 saturated heterocycles. The lowest BCUT2D eigenvalue weighted by atomic mass is 10.0. The minimum atomic E-state index is -3.84. The van der Waals surface area contributed by atoms with E-state index in [4.69, 9.17) is 9.88 Å². The highest BCUT2D eigenvalue weighted by Gasteiger charge is 2.26. The Morgan fingerprint density at radius 1 is 1.17 bits per heavy atom. The van der Waals surface area contributed by atoms with Crippen molar-refractivity contribution >= 4 is 33.3 Å². The molecule has 0 spiro atoms. The van der Waals surface area contributed by atoms with E-state index >= 15 is 0 Å². The molecule has 2 aromatic carbocycles. The third-order valence-electron chi connectivity index (χ3n) is 3.54. The van der Waals surface area contributed by atoms with Gasteiger partial charge < -0.3 is 10.1 Å². The Labute approximate surface area is 133 Å². The van der Waals surface area contributed by atoms with Crippen LogP contribution in [-0.4, -0.2) is 21.4 Å². The van der Waals surface area contributed by atoms with E-state index in [1.54, 1.807) is 25.3 Å². The first-order chi connectivity index (χ1) is 10.9. The van der Waals surface area contributed by atoms with Crippen molar-refractivity contribution in [1.29, 1.82) is 0 Å². The van der Waals surface area contributed by atoms with E-state index in [1.807, 2.05) is 12.1 Å². The molecular formula is C16H14N2O4S. The summed E-state index contributed by atoms with van der Waals surface area (Å²) in [5.41, 5.74) is 2.11. The van der Waals surface area contributed by atoms with Crippen LogP contribution in [-0.2, 0) is 14.8 Å². The highest BCUT2D eigenvalue weighted by atomic mass is 32.2. The molecular weight excluding hydrogens is 316 g/mol. The first-order valence-electron chi connectivity index (χ1n) is 6.73. The zero-order valence-corrected chi connectivity index (χ0v) is 13.1. The number of carbonyl (C=O) groups is 1. The lowest BCUT2D eigenvalue weighted by Gasteiger charge is -2.05. The van der Waals surface area contributed by atoms with Gasteiger partial charge in [-0.15, -0.1) is 0 Å². The number of hydrogen-bond acceptors (Lipinski definition) is 4. The second kappa shape index (κ2) is 5.53. The second-order valence-corrected chi connectivity index (χ2v) is 6.57. The average molecular weight is 330 g/mol. The molecule has 0 bridgehead atoms. The van der Waals surface area contributed by atoms with Crippen molar-refractivity contribution in [1.82, 2.24) is 0 Å². The standard InChI is InChI=1S/C16H14N2O4S/c1-22-15-5-3-2-4-10(15)8-13-12-9-11(23(17,20)21)6-7-14(12)18-16(13)19/h2-9H,1H3,(H,18,19)(H2,17,20,21). The van der Waals surface area contributed by atoms with E-state index in [-0.39, 0.29) is 10.8 Å². The van der Waals surface area contributed by atoms with E-state index in [2.05, 4.69) is 5.32 Å². The molecule has 0 aliphatic carbocycles. The maximum atomic E-state index is 12.2. The maximum Gasteiger partial charge on any atom is 0.256 e. The van der Waals surface area contributed by atoms with Crippen LogP contribution in [0, 0.1) is 0 Å². The van der Waals surface area contributed by atoms with Gasteiger partial charge in [0, 0.05) is 22.4 Å². The maximum absolute atomic E-state index is 12.2. The van der Waals surface area contributed by atoms with Gasteiger partial charge in [-0.05, 0) is 30.3 Å². The van der Waals surface area contributed by atoms with Gasteiger partial charge in [0.25, 0.3) is 5.91 Å². The van der Waals surface area contributed by atoms with Crippen LogP contribution in [0.4, 0.5) is 5.69 Å². The van der Waals surface area contributed by atoms with Crippen molar-refractivity contribution in [3.05, 3.63) is 53.6 Å². The zero-order valence-electron chi connectivity index (χ0n) is 12.2. The van der Waals surface area contributed by atoms with Crippen molar-refractivity contribution < 1.29 is 17.9 Å². The number of sulfonamides is 1. The van der Waals surface area contributed by atoms with Crippen LogP contribution in [0.5, 0.6) is 5.75 Å². The lowest BCUT2D eigenvalue weighted by molar-refractivity contribution is -0.110. The first-order valence-corrected chi connectivity index (χ1v) is 8.28. The number of hydrogen-bond donors (Lipinski definition) is 2. The molecule has 0 fully saturated rings. The van der Waals surface area contributed by atoms with Crippen LogP contribution in [0.3, 0.4) is 0 Å². The number of fused-ring (bicyclic) bond motifs is 1. The molecule has 118 valence electrons. The summed E-state index contributed by atoms with van der Waals surface area (Å²) in [6.07, 6.45) is 1.66. The number of methoxy groups -OCH3 is 1. The molecule has 3 N–H and O–H groups in total. The Balaban J connectivity index is 2.16. The summed E-state index contributed by atoms with van der Waals surface area (Å²) in [6, 6.07) is 11.5.